The molecule has 2 aliphatic rings. The zero-order chi connectivity index (χ0) is 34.3. The van der Waals surface area contributed by atoms with Crippen LogP contribution in [0.3, 0.4) is 0 Å². The fraction of sp³-hybridized carbons (Fsp3) is 0.615. The Hall–Kier alpha value is -3.39. The number of allylic oxidation sites excluding steroid dienone is 2. The van der Waals surface area contributed by atoms with E-state index in [1.54, 1.807) is 26.0 Å². The average molecular weight is 653 g/mol. The molecule has 0 saturated heterocycles. The van der Waals surface area contributed by atoms with Crippen molar-refractivity contribution in [2.75, 3.05) is 7.11 Å². The van der Waals surface area contributed by atoms with Crippen LogP contribution in [0.5, 0.6) is 0 Å². The molecule has 3 heterocycles. The molecule has 8 nitrogen and oxygen atoms in total. The van der Waals surface area contributed by atoms with Crippen LogP contribution in [0.25, 0.3) is 0 Å². The van der Waals surface area contributed by atoms with E-state index in [2.05, 4.69) is 32.2 Å². The number of furan rings is 1. The maximum absolute atomic E-state index is 13.2. The molecule has 1 N–H and O–H groups in total. The first-order valence-corrected chi connectivity index (χ1v) is 17.6. The zero-order valence-electron chi connectivity index (χ0n) is 29.0. The average Bonchev–Trinajstić information content (AvgIpc) is 3.61. The summed E-state index contributed by atoms with van der Waals surface area (Å²) in [5.74, 6) is -2.38. The number of fused-ring (bicyclic) bond motifs is 3. The van der Waals surface area contributed by atoms with E-state index >= 15 is 0 Å². The van der Waals surface area contributed by atoms with E-state index < -0.39 is 48.1 Å². The summed E-state index contributed by atoms with van der Waals surface area (Å²) >= 11 is 0. The number of carbonyl (C=O) groups excluding carboxylic acids is 3. The number of esters is 3. The Morgan fingerprint density at radius 1 is 0.957 bits per heavy atom. The van der Waals surface area contributed by atoms with E-state index in [1.807, 2.05) is 0 Å². The van der Waals surface area contributed by atoms with Gasteiger partial charge in [-0.15, -0.1) is 0 Å². The number of ether oxygens (including phenoxy) is 3. The Morgan fingerprint density at radius 3 is 2.17 bits per heavy atom. The number of rotatable bonds is 19. The molecule has 3 rings (SSSR count). The molecule has 0 amide bonds. The Morgan fingerprint density at radius 2 is 1.57 bits per heavy atom. The smallest absolute Gasteiger partial charge is 0.341 e. The maximum atomic E-state index is 13.2. The number of methoxy groups -OCH3 is 1. The summed E-state index contributed by atoms with van der Waals surface area (Å²) < 4.78 is 22.7. The van der Waals surface area contributed by atoms with Crippen molar-refractivity contribution in [2.24, 2.45) is 5.92 Å². The molecule has 4 bridgehead atoms. The van der Waals surface area contributed by atoms with E-state index in [0.29, 0.717) is 29.1 Å². The van der Waals surface area contributed by atoms with Crippen LogP contribution < -0.4 is 0 Å². The summed E-state index contributed by atoms with van der Waals surface area (Å²) in [6, 6.07) is 1.58. The molecule has 1 aromatic heterocycles. The van der Waals surface area contributed by atoms with Crippen molar-refractivity contribution in [3.63, 3.8) is 0 Å². The van der Waals surface area contributed by atoms with Gasteiger partial charge in [0.1, 0.15) is 29.3 Å². The van der Waals surface area contributed by atoms with Gasteiger partial charge in [-0.3, -0.25) is 4.79 Å². The van der Waals surface area contributed by atoms with E-state index in [9.17, 15) is 19.5 Å². The molecule has 260 valence electrons. The van der Waals surface area contributed by atoms with E-state index in [4.69, 9.17) is 18.6 Å². The molecular weight excluding hydrogens is 596 g/mol. The number of carbonyl (C=O) groups is 3. The van der Waals surface area contributed by atoms with Crippen molar-refractivity contribution in [1.29, 1.82) is 0 Å². The van der Waals surface area contributed by atoms with Gasteiger partial charge in [0.2, 0.25) is 0 Å². The molecule has 2 aliphatic heterocycles. The highest BCUT2D eigenvalue weighted by molar-refractivity contribution is 5.93. The van der Waals surface area contributed by atoms with Crippen LogP contribution in [-0.4, -0.2) is 48.4 Å². The molecule has 8 heteroatoms. The van der Waals surface area contributed by atoms with Gasteiger partial charge in [-0.1, -0.05) is 94.7 Å². The van der Waals surface area contributed by atoms with Crippen LogP contribution in [0.4, 0.5) is 0 Å². The van der Waals surface area contributed by atoms with Crippen LogP contribution in [0.15, 0.2) is 58.6 Å². The second kappa shape index (κ2) is 19.4. The Bertz CT molecular complexity index is 1280. The molecule has 0 aliphatic carbocycles. The molecule has 47 heavy (non-hydrogen) atoms. The van der Waals surface area contributed by atoms with Crippen molar-refractivity contribution in [3.05, 3.63) is 71.3 Å². The summed E-state index contributed by atoms with van der Waals surface area (Å²) in [7, 11) is 1.28. The number of hydrogen-bond acceptors (Lipinski definition) is 8. The third-order valence-electron chi connectivity index (χ3n) is 9.19. The van der Waals surface area contributed by atoms with Gasteiger partial charge in [-0.05, 0) is 58.1 Å². The van der Waals surface area contributed by atoms with Gasteiger partial charge < -0.3 is 23.7 Å². The topological polar surface area (TPSA) is 112 Å². The standard InChI is InChI=1S/C39H56O8/c1-7-8-9-10-11-12-13-14-15-16-17-18-19-20-21-22-34(40)47-37-30-25-33(46-39(30)43)35(27(4)5)32-24-29(38(42)44-6)31(45-32)23-28(26(2)3)36(37)41/h14-15,24-25,28,33,35-37,41H,2,4,7-13,16-23H2,1,3,5-6H3/b15-14-/t28-,33-,35+,36-,37-/m1/s1. The SMILES string of the molecule is C=C(C)[C@H]1Cc2oc(cc2C(=O)OC)[C@H](C(=C)C)[C@H]2C=C(C(=O)O2)[C@@H](OC(=O)CCCCCCC/C=C\CCCCCCCC)[C@@H]1O. The third-order valence-corrected chi connectivity index (χ3v) is 9.19. The lowest BCUT2D eigenvalue weighted by Crippen LogP contribution is -2.41. The van der Waals surface area contributed by atoms with Crippen molar-refractivity contribution < 1.29 is 38.1 Å². The summed E-state index contributed by atoms with van der Waals surface area (Å²) in [5.41, 5.74) is 1.51. The van der Waals surface area contributed by atoms with Crippen LogP contribution in [-0.2, 0) is 30.2 Å². The van der Waals surface area contributed by atoms with Gasteiger partial charge in [-0.2, -0.15) is 0 Å². The van der Waals surface area contributed by atoms with Crippen LogP contribution in [0.1, 0.15) is 138 Å². The molecule has 0 fully saturated rings. The zero-order valence-corrected chi connectivity index (χ0v) is 29.0. The number of aliphatic hydroxyl groups is 1. The van der Waals surface area contributed by atoms with Crippen molar-refractivity contribution in [2.45, 2.75) is 141 Å². The van der Waals surface area contributed by atoms with E-state index in [-0.39, 0.29) is 24.0 Å². The lowest BCUT2D eigenvalue weighted by Gasteiger charge is -2.30. The van der Waals surface area contributed by atoms with Gasteiger partial charge in [0.25, 0.3) is 0 Å². The van der Waals surface area contributed by atoms with Gasteiger partial charge in [0.15, 0.2) is 6.10 Å². The Kier molecular flexibility index (Phi) is 15.7. The fourth-order valence-corrected chi connectivity index (χ4v) is 6.42. The maximum Gasteiger partial charge on any atom is 0.341 e. The second-order valence-corrected chi connectivity index (χ2v) is 13.2. The van der Waals surface area contributed by atoms with Crippen LogP contribution >= 0.6 is 0 Å². The molecule has 1 aromatic rings. The first-order valence-electron chi connectivity index (χ1n) is 17.6. The highest BCUT2D eigenvalue weighted by Crippen LogP contribution is 2.40. The summed E-state index contributed by atoms with van der Waals surface area (Å²) in [5, 5.41) is 11.7. The molecule has 0 spiro atoms. The minimum absolute atomic E-state index is 0.0819. The van der Waals surface area contributed by atoms with Gasteiger partial charge in [0, 0.05) is 18.8 Å². The van der Waals surface area contributed by atoms with Gasteiger partial charge >= 0.3 is 17.9 Å². The normalized spacial score (nSPS) is 22.4. The monoisotopic (exact) mass is 652 g/mol. The summed E-state index contributed by atoms with van der Waals surface area (Å²) in [6.07, 6.45) is 18.0. The Labute approximate surface area is 281 Å². The molecular formula is C39H56O8. The minimum atomic E-state index is -1.34. The lowest BCUT2D eigenvalue weighted by molar-refractivity contribution is -0.156. The van der Waals surface area contributed by atoms with E-state index in [1.165, 1.54) is 52.1 Å². The summed E-state index contributed by atoms with van der Waals surface area (Å²) in [6.45, 7) is 13.9. The fourth-order valence-electron chi connectivity index (χ4n) is 6.42. The first-order chi connectivity index (χ1) is 22.6. The molecule has 0 radical (unpaired) electrons. The van der Waals surface area contributed by atoms with Gasteiger partial charge in [0.05, 0.1) is 18.6 Å². The van der Waals surface area contributed by atoms with Crippen molar-refractivity contribution in [3.8, 4) is 0 Å². The lowest BCUT2D eigenvalue weighted by atomic mass is 9.84. The molecule has 5 atom stereocenters. The van der Waals surface area contributed by atoms with Crippen molar-refractivity contribution in [1.82, 2.24) is 0 Å². The highest BCUT2D eigenvalue weighted by Gasteiger charge is 2.45. The largest absolute Gasteiger partial charge is 0.465 e. The van der Waals surface area contributed by atoms with Crippen LogP contribution in [0.2, 0.25) is 0 Å². The predicted octanol–water partition coefficient (Wildman–Crippen LogP) is 8.64. The Balaban J connectivity index is 1.59. The predicted molar refractivity (Wildman–Crippen MR) is 183 cm³/mol. The summed E-state index contributed by atoms with van der Waals surface area (Å²) in [4.78, 5) is 39.0. The first kappa shape index (κ1) is 38.1. The minimum Gasteiger partial charge on any atom is -0.465 e. The third kappa shape index (κ3) is 11.1. The van der Waals surface area contributed by atoms with Crippen molar-refractivity contribution >= 4 is 17.9 Å². The molecule has 0 saturated carbocycles. The van der Waals surface area contributed by atoms with E-state index in [0.717, 1.165) is 32.1 Å². The molecule has 0 aromatic carbocycles. The number of hydrogen-bond donors (Lipinski definition) is 1. The molecule has 0 unspecified atom stereocenters. The quantitative estimate of drug-likeness (QED) is 0.0684. The van der Waals surface area contributed by atoms with Gasteiger partial charge in [-0.25, -0.2) is 9.59 Å². The number of unbranched alkanes of at least 4 members (excludes halogenated alkanes) is 11. The van der Waals surface area contributed by atoms with Crippen LogP contribution in [0, 0.1) is 5.92 Å². The highest BCUT2D eigenvalue weighted by atomic mass is 16.6. The number of aliphatic hydroxyl groups excluding tert-OH is 1. The second-order valence-electron chi connectivity index (χ2n) is 13.2.